The highest BCUT2D eigenvalue weighted by Gasteiger charge is 2.50. The summed E-state index contributed by atoms with van der Waals surface area (Å²) >= 11 is 0. The van der Waals surface area contributed by atoms with E-state index in [1.807, 2.05) is 11.9 Å². The third kappa shape index (κ3) is 6.84. The molecule has 2 amide bonds. The molecule has 0 aromatic heterocycles. The number of likely N-dealkylation sites (N-methyl/N-ethyl adjacent to an activating group) is 1. The van der Waals surface area contributed by atoms with E-state index in [9.17, 15) is 22.8 Å². The zero-order valence-corrected chi connectivity index (χ0v) is 23.3. The summed E-state index contributed by atoms with van der Waals surface area (Å²) in [5.41, 5.74) is 1.00. The van der Waals surface area contributed by atoms with Crippen molar-refractivity contribution in [3.63, 3.8) is 0 Å². The van der Waals surface area contributed by atoms with Crippen molar-refractivity contribution in [1.82, 2.24) is 15.1 Å². The molecule has 2 aromatic carbocycles. The second-order valence-corrected chi connectivity index (χ2v) is 11.1. The number of piperazine rings is 1. The number of ether oxygens (including phenoxy) is 1. The third-order valence-corrected chi connectivity index (χ3v) is 8.19. The zero-order chi connectivity index (χ0) is 30.0. The molecule has 0 saturated carbocycles. The number of hydrogen-bond acceptors (Lipinski definition) is 6. The van der Waals surface area contributed by atoms with Crippen molar-refractivity contribution >= 4 is 23.2 Å². The molecule has 0 spiro atoms. The first-order chi connectivity index (χ1) is 20.0. The summed E-state index contributed by atoms with van der Waals surface area (Å²) in [4.78, 5) is 31.1. The first kappa shape index (κ1) is 30.2. The quantitative estimate of drug-likeness (QED) is 0.499. The number of anilines is 2. The van der Waals surface area contributed by atoms with Crippen LogP contribution in [-0.4, -0.2) is 93.9 Å². The van der Waals surface area contributed by atoms with Gasteiger partial charge in [-0.3, -0.25) is 14.5 Å². The van der Waals surface area contributed by atoms with Crippen molar-refractivity contribution in [2.45, 2.75) is 19.1 Å². The molecule has 2 N–H and O–H groups in total. The third-order valence-electron chi connectivity index (χ3n) is 8.19. The lowest BCUT2D eigenvalue weighted by atomic mass is 9.84. The predicted octanol–water partition coefficient (Wildman–Crippen LogP) is 3.47. The van der Waals surface area contributed by atoms with Gasteiger partial charge in [0, 0.05) is 69.9 Å². The van der Waals surface area contributed by atoms with Crippen molar-refractivity contribution < 1.29 is 36.3 Å². The SMILES string of the molecule is CN1CCN(c2cc(F)c(-c3cc(CN4CCOCC4)ccc3F)cc2NC(=O)C2CNC(=O)CC2C(F)(F)F)CC1. The van der Waals surface area contributed by atoms with Crippen LogP contribution < -0.4 is 15.5 Å². The summed E-state index contributed by atoms with van der Waals surface area (Å²) < 4.78 is 77.6. The van der Waals surface area contributed by atoms with E-state index < -0.39 is 54.4 Å². The number of rotatable bonds is 6. The normalized spacial score (nSPS) is 22.6. The molecule has 3 saturated heterocycles. The minimum atomic E-state index is -4.77. The number of halogens is 5. The average molecular weight is 596 g/mol. The Morgan fingerprint density at radius 3 is 2.38 bits per heavy atom. The number of carbonyl (C=O) groups is 2. The van der Waals surface area contributed by atoms with Crippen molar-refractivity contribution in [3.8, 4) is 11.1 Å². The van der Waals surface area contributed by atoms with E-state index in [2.05, 4.69) is 20.4 Å². The van der Waals surface area contributed by atoms with E-state index in [1.54, 1.807) is 12.1 Å². The van der Waals surface area contributed by atoms with Crippen LogP contribution in [0.1, 0.15) is 12.0 Å². The Bertz CT molecular complexity index is 1310. The molecule has 0 bridgehead atoms. The van der Waals surface area contributed by atoms with Crippen LogP contribution in [0.5, 0.6) is 0 Å². The number of hydrogen-bond donors (Lipinski definition) is 2. The molecule has 5 rings (SSSR count). The number of nitrogens with one attached hydrogen (secondary N) is 2. The maximum atomic E-state index is 15.7. The van der Waals surface area contributed by atoms with Crippen LogP contribution >= 0.6 is 0 Å². The summed E-state index contributed by atoms with van der Waals surface area (Å²) in [7, 11) is 1.94. The Hall–Kier alpha value is -3.29. The summed E-state index contributed by atoms with van der Waals surface area (Å²) in [6.45, 7) is 4.89. The molecule has 2 unspecified atom stereocenters. The van der Waals surface area contributed by atoms with Gasteiger partial charge in [0.15, 0.2) is 0 Å². The lowest BCUT2D eigenvalue weighted by Crippen LogP contribution is -2.50. The largest absolute Gasteiger partial charge is 0.393 e. The average Bonchev–Trinajstić information content (AvgIpc) is 2.95. The Morgan fingerprint density at radius 2 is 1.69 bits per heavy atom. The van der Waals surface area contributed by atoms with Gasteiger partial charge < -0.3 is 25.2 Å². The summed E-state index contributed by atoms with van der Waals surface area (Å²) in [6.07, 6.45) is -5.62. The van der Waals surface area contributed by atoms with Gasteiger partial charge >= 0.3 is 6.18 Å². The summed E-state index contributed by atoms with van der Waals surface area (Å²) in [6, 6.07) is 6.94. The molecule has 2 aromatic rings. The van der Waals surface area contributed by atoms with E-state index in [4.69, 9.17) is 4.74 Å². The molecule has 3 heterocycles. The standard InChI is InChI=1S/C29H34F5N5O3/c1-37-4-6-39(7-5-37)26-15-24(31)20(19-12-18(2-3-23(19)30)17-38-8-10-42-11-9-38)13-25(26)36-28(41)21-16-35-27(40)14-22(21)29(32,33)34/h2-3,12-13,15,21-22H,4-11,14,16-17H2,1H3,(H,35,40)(H,36,41). The number of carbonyl (C=O) groups excluding carboxylic acids is 2. The Labute approximate surface area is 240 Å². The number of benzene rings is 2. The van der Waals surface area contributed by atoms with Gasteiger partial charge in [0.2, 0.25) is 11.8 Å². The molecule has 3 aliphatic rings. The molecule has 8 nitrogen and oxygen atoms in total. The van der Waals surface area contributed by atoms with Crippen LogP contribution in [-0.2, 0) is 20.9 Å². The molecule has 13 heteroatoms. The second kappa shape index (κ2) is 12.5. The minimum Gasteiger partial charge on any atom is -0.379 e. The van der Waals surface area contributed by atoms with Crippen molar-refractivity contribution in [2.24, 2.45) is 11.8 Å². The first-order valence-corrected chi connectivity index (χ1v) is 14.0. The van der Waals surface area contributed by atoms with Crippen LogP contribution in [0.3, 0.4) is 0 Å². The van der Waals surface area contributed by atoms with Gasteiger partial charge in [-0.05, 0) is 36.9 Å². The fraction of sp³-hybridized carbons (Fsp3) is 0.517. The maximum Gasteiger partial charge on any atom is 0.393 e. The highest BCUT2D eigenvalue weighted by molar-refractivity contribution is 5.98. The number of nitrogens with zero attached hydrogens (tertiary/aromatic N) is 3. The highest BCUT2D eigenvalue weighted by Crippen LogP contribution is 2.39. The lowest BCUT2D eigenvalue weighted by Gasteiger charge is -2.36. The second-order valence-electron chi connectivity index (χ2n) is 11.1. The van der Waals surface area contributed by atoms with Crippen LogP contribution in [0.2, 0.25) is 0 Å². The molecule has 3 aliphatic heterocycles. The molecule has 0 radical (unpaired) electrons. The van der Waals surface area contributed by atoms with Crippen LogP contribution in [0, 0.1) is 23.5 Å². The Kier molecular flexibility index (Phi) is 9.00. The number of amides is 2. The van der Waals surface area contributed by atoms with E-state index in [-0.39, 0.29) is 16.8 Å². The zero-order valence-electron chi connectivity index (χ0n) is 23.3. The molecule has 3 fully saturated rings. The van der Waals surface area contributed by atoms with Crippen LogP contribution in [0.4, 0.5) is 33.3 Å². The minimum absolute atomic E-state index is 0.0169. The Morgan fingerprint density at radius 1 is 1.00 bits per heavy atom. The first-order valence-electron chi connectivity index (χ1n) is 14.0. The molecule has 2 atom stereocenters. The van der Waals surface area contributed by atoms with Gasteiger partial charge in [-0.15, -0.1) is 0 Å². The molecule has 228 valence electrons. The molecule has 0 aliphatic carbocycles. The summed E-state index contributed by atoms with van der Waals surface area (Å²) in [5, 5.41) is 4.93. The van der Waals surface area contributed by atoms with Gasteiger partial charge in [-0.1, -0.05) is 6.07 Å². The van der Waals surface area contributed by atoms with Gasteiger partial charge in [0.1, 0.15) is 11.6 Å². The van der Waals surface area contributed by atoms with Crippen LogP contribution in [0.25, 0.3) is 11.1 Å². The molecular weight excluding hydrogens is 561 g/mol. The van der Waals surface area contributed by atoms with Gasteiger partial charge in [0.25, 0.3) is 0 Å². The maximum absolute atomic E-state index is 15.7. The van der Waals surface area contributed by atoms with E-state index in [0.717, 1.165) is 5.56 Å². The van der Waals surface area contributed by atoms with Crippen molar-refractivity contribution in [3.05, 3.63) is 47.5 Å². The lowest BCUT2D eigenvalue weighted by molar-refractivity contribution is -0.197. The van der Waals surface area contributed by atoms with Crippen molar-refractivity contribution in [2.75, 3.05) is 76.3 Å². The van der Waals surface area contributed by atoms with Crippen LogP contribution in [0.15, 0.2) is 30.3 Å². The highest BCUT2D eigenvalue weighted by atomic mass is 19.4. The van der Waals surface area contributed by atoms with Crippen molar-refractivity contribution in [1.29, 1.82) is 0 Å². The predicted molar refractivity (Wildman–Crippen MR) is 147 cm³/mol. The summed E-state index contributed by atoms with van der Waals surface area (Å²) in [5.74, 6) is -6.86. The topological polar surface area (TPSA) is 77.2 Å². The van der Waals surface area contributed by atoms with Gasteiger partial charge in [-0.25, -0.2) is 8.78 Å². The number of morpholine rings is 1. The fourth-order valence-electron chi connectivity index (χ4n) is 5.70. The number of piperidine rings is 1. The molecular formula is C29H34F5N5O3. The molecule has 42 heavy (non-hydrogen) atoms. The van der Waals surface area contributed by atoms with E-state index in [1.165, 1.54) is 18.2 Å². The van der Waals surface area contributed by atoms with Gasteiger partial charge in [0.05, 0.1) is 36.4 Å². The number of alkyl halides is 3. The smallest absolute Gasteiger partial charge is 0.379 e. The fourth-order valence-corrected chi connectivity index (χ4v) is 5.70. The monoisotopic (exact) mass is 595 g/mol. The Balaban J connectivity index is 1.50. The van der Waals surface area contributed by atoms with Gasteiger partial charge in [-0.2, -0.15) is 13.2 Å². The van der Waals surface area contributed by atoms with E-state index >= 15 is 8.78 Å². The van der Waals surface area contributed by atoms with E-state index in [0.29, 0.717) is 64.7 Å².